The van der Waals surface area contributed by atoms with E-state index in [1.807, 2.05) is 22.7 Å². The molecular formula is C18H16N4S. The Hall–Kier alpha value is -2.53. The molecule has 0 aliphatic carbocycles. The standard InChI is InChI=1S/C18H16N4S/c1-12-8-13(2)10-15(9-12)17-21-22-16(19-20-18(22)23-17)11-14-6-4-3-5-7-14/h3-10H,11H2,1-2H3. The van der Waals surface area contributed by atoms with Crippen LogP contribution >= 0.6 is 11.3 Å². The Labute approximate surface area is 138 Å². The molecule has 0 atom stereocenters. The Kier molecular flexibility index (Phi) is 3.42. The van der Waals surface area contributed by atoms with Crippen molar-refractivity contribution in [2.45, 2.75) is 20.3 Å². The van der Waals surface area contributed by atoms with E-state index in [0.717, 1.165) is 27.8 Å². The van der Waals surface area contributed by atoms with Crippen molar-refractivity contribution in [2.24, 2.45) is 0 Å². The van der Waals surface area contributed by atoms with Gasteiger partial charge in [0.1, 0.15) is 5.01 Å². The summed E-state index contributed by atoms with van der Waals surface area (Å²) in [6.45, 7) is 4.22. The molecule has 0 aliphatic rings. The molecule has 0 aliphatic heterocycles. The fourth-order valence-electron chi connectivity index (χ4n) is 2.76. The molecule has 4 aromatic rings. The molecule has 0 fully saturated rings. The first-order valence-electron chi connectivity index (χ1n) is 7.53. The minimum atomic E-state index is 0.734. The molecule has 4 rings (SSSR count). The number of rotatable bonds is 3. The summed E-state index contributed by atoms with van der Waals surface area (Å²) in [7, 11) is 0. The van der Waals surface area contributed by atoms with E-state index in [0.29, 0.717) is 0 Å². The maximum absolute atomic E-state index is 4.73. The summed E-state index contributed by atoms with van der Waals surface area (Å²) < 4.78 is 1.87. The van der Waals surface area contributed by atoms with Gasteiger partial charge < -0.3 is 0 Å². The number of aromatic nitrogens is 4. The Morgan fingerprint density at radius 2 is 1.70 bits per heavy atom. The second kappa shape index (κ2) is 5.59. The molecule has 0 bridgehead atoms. The van der Waals surface area contributed by atoms with Gasteiger partial charge in [0.25, 0.3) is 0 Å². The van der Waals surface area contributed by atoms with Gasteiger partial charge in [-0.05, 0) is 31.5 Å². The van der Waals surface area contributed by atoms with Crippen molar-refractivity contribution in [3.63, 3.8) is 0 Å². The van der Waals surface area contributed by atoms with E-state index >= 15 is 0 Å². The van der Waals surface area contributed by atoms with Gasteiger partial charge in [-0.2, -0.15) is 9.61 Å². The molecule has 4 nitrogen and oxygen atoms in total. The molecule has 2 aromatic heterocycles. The van der Waals surface area contributed by atoms with Crippen molar-refractivity contribution in [3.8, 4) is 10.6 Å². The summed E-state index contributed by atoms with van der Waals surface area (Å²) in [6.07, 6.45) is 0.734. The van der Waals surface area contributed by atoms with Gasteiger partial charge >= 0.3 is 0 Å². The quantitative estimate of drug-likeness (QED) is 0.572. The molecule has 2 heterocycles. The van der Waals surface area contributed by atoms with E-state index in [2.05, 4.69) is 54.4 Å². The summed E-state index contributed by atoms with van der Waals surface area (Å²) in [4.78, 5) is 0.838. The number of hydrogen-bond acceptors (Lipinski definition) is 4. The maximum atomic E-state index is 4.73. The predicted octanol–water partition coefficient (Wildman–Crippen LogP) is 4.06. The number of nitrogens with zero attached hydrogens (tertiary/aromatic N) is 4. The first-order valence-corrected chi connectivity index (χ1v) is 8.34. The van der Waals surface area contributed by atoms with Crippen LogP contribution in [0.1, 0.15) is 22.5 Å². The van der Waals surface area contributed by atoms with Crippen LogP contribution in [0, 0.1) is 13.8 Å². The van der Waals surface area contributed by atoms with Gasteiger partial charge in [-0.1, -0.05) is 58.9 Å². The molecule has 23 heavy (non-hydrogen) atoms. The van der Waals surface area contributed by atoms with Gasteiger partial charge in [-0.3, -0.25) is 0 Å². The van der Waals surface area contributed by atoms with Gasteiger partial charge in [-0.15, -0.1) is 10.2 Å². The average Bonchev–Trinajstić information content (AvgIpc) is 3.09. The van der Waals surface area contributed by atoms with Crippen LogP contribution in [0.15, 0.2) is 48.5 Å². The number of benzene rings is 2. The summed E-state index contributed by atoms with van der Waals surface area (Å²) in [5.41, 5.74) is 4.84. The lowest BCUT2D eigenvalue weighted by atomic mass is 10.1. The van der Waals surface area contributed by atoms with E-state index in [1.54, 1.807) is 11.3 Å². The zero-order valence-corrected chi connectivity index (χ0v) is 13.8. The Morgan fingerprint density at radius 3 is 2.43 bits per heavy atom. The number of fused-ring (bicyclic) bond motifs is 1. The topological polar surface area (TPSA) is 43.1 Å². The lowest BCUT2D eigenvalue weighted by molar-refractivity contribution is 0.854. The highest BCUT2D eigenvalue weighted by Crippen LogP contribution is 2.27. The van der Waals surface area contributed by atoms with Crippen LogP contribution in [0.2, 0.25) is 0 Å². The van der Waals surface area contributed by atoms with E-state index < -0.39 is 0 Å². The minimum absolute atomic E-state index is 0.734. The Morgan fingerprint density at radius 1 is 0.957 bits per heavy atom. The van der Waals surface area contributed by atoms with Gasteiger partial charge in [0.2, 0.25) is 4.96 Å². The molecule has 0 saturated carbocycles. The lowest BCUT2D eigenvalue weighted by Crippen LogP contribution is -1.97. The van der Waals surface area contributed by atoms with Crippen LogP contribution in [0.25, 0.3) is 15.5 Å². The Bertz CT molecular complexity index is 949. The van der Waals surface area contributed by atoms with Crippen molar-refractivity contribution in [3.05, 3.63) is 71.0 Å². The second-order valence-electron chi connectivity index (χ2n) is 5.76. The molecule has 2 aromatic carbocycles. The molecule has 114 valence electrons. The Balaban J connectivity index is 1.74. The van der Waals surface area contributed by atoms with Crippen LogP contribution in [0.5, 0.6) is 0 Å². The third-order valence-electron chi connectivity index (χ3n) is 3.73. The highest BCUT2D eigenvalue weighted by molar-refractivity contribution is 7.19. The highest BCUT2D eigenvalue weighted by Gasteiger charge is 2.13. The van der Waals surface area contributed by atoms with E-state index in [1.165, 1.54) is 16.7 Å². The molecule has 0 N–H and O–H groups in total. The summed E-state index contributed by atoms with van der Waals surface area (Å²) >= 11 is 1.58. The molecule has 0 spiro atoms. The molecule has 0 radical (unpaired) electrons. The van der Waals surface area contributed by atoms with Crippen molar-refractivity contribution in [1.29, 1.82) is 0 Å². The minimum Gasteiger partial charge on any atom is -0.187 e. The fourth-order valence-corrected chi connectivity index (χ4v) is 3.61. The number of aryl methyl sites for hydroxylation is 2. The zero-order valence-electron chi connectivity index (χ0n) is 13.0. The first-order chi connectivity index (χ1) is 11.2. The van der Waals surface area contributed by atoms with E-state index in [4.69, 9.17) is 5.10 Å². The molecule has 0 unspecified atom stereocenters. The van der Waals surface area contributed by atoms with Gasteiger partial charge in [0.15, 0.2) is 5.82 Å². The smallest absolute Gasteiger partial charge is 0.187 e. The van der Waals surface area contributed by atoms with Crippen LogP contribution < -0.4 is 0 Å². The third-order valence-corrected chi connectivity index (χ3v) is 4.68. The van der Waals surface area contributed by atoms with Crippen molar-refractivity contribution < 1.29 is 0 Å². The van der Waals surface area contributed by atoms with E-state index in [-0.39, 0.29) is 0 Å². The van der Waals surface area contributed by atoms with Crippen LogP contribution in [0.3, 0.4) is 0 Å². The maximum Gasteiger partial charge on any atom is 0.234 e. The van der Waals surface area contributed by atoms with Crippen LogP contribution in [-0.4, -0.2) is 19.8 Å². The summed E-state index contributed by atoms with van der Waals surface area (Å²) in [5, 5.41) is 14.3. The first kappa shape index (κ1) is 14.1. The monoisotopic (exact) mass is 320 g/mol. The van der Waals surface area contributed by atoms with Gasteiger partial charge in [-0.25, -0.2) is 0 Å². The predicted molar refractivity (Wildman–Crippen MR) is 92.8 cm³/mol. The number of hydrogen-bond donors (Lipinski definition) is 0. The van der Waals surface area contributed by atoms with Crippen LogP contribution in [0.4, 0.5) is 0 Å². The highest BCUT2D eigenvalue weighted by atomic mass is 32.1. The van der Waals surface area contributed by atoms with Crippen molar-refractivity contribution >= 4 is 16.3 Å². The lowest BCUT2D eigenvalue weighted by Gasteiger charge is -2.01. The fraction of sp³-hybridized carbons (Fsp3) is 0.167. The second-order valence-corrected chi connectivity index (χ2v) is 6.71. The summed E-state index contributed by atoms with van der Waals surface area (Å²) in [6, 6.07) is 16.8. The normalized spacial score (nSPS) is 11.2. The zero-order chi connectivity index (χ0) is 15.8. The summed E-state index contributed by atoms with van der Waals surface area (Å²) in [5.74, 6) is 0.873. The van der Waals surface area contributed by atoms with Crippen molar-refractivity contribution in [1.82, 2.24) is 19.8 Å². The molecular weight excluding hydrogens is 304 g/mol. The van der Waals surface area contributed by atoms with Gasteiger partial charge in [0, 0.05) is 12.0 Å². The molecule has 5 heteroatoms. The third kappa shape index (κ3) is 2.75. The molecule has 0 saturated heterocycles. The van der Waals surface area contributed by atoms with Crippen LogP contribution in [-0.2, 0) is 6.42 Å². The molecule has 0 amide bonds. The largest absolute Gasteiger partial charge is 0.234 e. The SMILES string of the molecule is Cc1cc(C)cc(-c2nn3c(Cc4ccccc4)nnc3s2)c1. The van der Waals surface area contributed by atoms with Crippen molar-refractivity contribution in [2.75, 3.05) is 0 Å². The van der Waals surface area contributed by atoms with Gasteiger partial charge in [0.05, 0.1) is 0 Å². The average molecular weight is 320 g/mol. The van der Waals surface area contributed by atoms with E-state index in [9.17, 15) is 0 Å².